The molecular weight excluding hydrogens is 669 g/mol. The minimum Gasteiger partial charge on any atom is -0.456 e. The molecule has 9 aromatic carbocycles. The summed E-state index contributed by atoms with van der Waals surface area (Å²) in [5.74, 6) is 0.691. The standard InChI is InChI=1S/C52H32N2O/c1-2-13-36(14-3-1)52-53-47(35-24-22-33(23-25-35)37-27-28-43-42-19-10-11-21-49(42)55-50(43)31-37)32-48(54-52)41-18-8-9-20-44(41)51-40-17-7-5-15-38(40)30-46-39-16-6-4-12-34(39)26-29-45(46)51/h1-32H. The van der Waals surface area contributed by atoms with E-state index in [-0.39, 0.29) is 0 Å². The Morgan fingerprint density at radius 2 is 0.927 bits per heavy atom. The van der Waals surface area contributed by atoms with E-state index in [0.29, 0.717) is 5.82 Å². The van der Waals surface area contributed by atoms with Crippen molar-refractivity contribution in [1.29, 1.82) is 0 Å². The van der Waals surface area contributed by atoms with E-state index in [2.05, 4.69) is 164 Å². The second kappa shape index (κ2) is 12.6. The lowest BCUT2D eigenvalue weighted by atomic mass is 9.87. The molecule has 0 aliphatic carbocycles. The molecule has 2 aromatic heterocycles. The number of furan rings is 1. The fourth-order valence-corrected chi connectivity index (χ4v) is 8.22. The van der Waals surface area contributed by atoms with Crippen molar-refractivity contribution in [1.82, 2.24) is 9.97 Å². The summed E-state index contributed by atoms with van der Waals surface area (Å²) in [6.45, 7) is 0. The van der Waals surface area contributed by atoms with Crippen LogP contribution in [-0.4, -0.2) is 9.97 Å². The van der Waals surface area contributed by atoms with Crippen LogP contribution in [0, 0.1) is 0 Å². The van der Waals surface area contributed by atoms with E-state index in [1.165, 1.54) is 37.9 Å². The van der Waals surface area contributed by atoms with Gasteiger partial charge < -0.3 is 4.42 Å². The number of hydrogen-bond acceptors (Lipinski definition) is 3. The Bertz CT molecular complexity index is 3250. The number of fused-ring (bicyclic) bond motifs is 7. The average molecular weight is 701 g/mol. The molecule has 0 saturated carbocycles. The van der Waals surface area contributed by atoms with Gasteiger partial charge >= 0.3 is 0 Å². The second-order valence-electron chi connectivity index (χ2n) is 14.1. The van der Waals surface area contributed by atoms with Crippen molar-refractivity contribution in [3.63, 3.8) is 0 Å². The van der Waals surface area contributed by atoms with Gasteiger partial charge in [0.15, 0.2) is 5.82 Å². The Labute approximate surface area is 317 Å². The molecule has 0 aliphatic rings. The quantitative estimate of drug-likeness (QED) is 0.133. The molecule has 11 aromatic rings. The van der Waals surface area contributed by atoms with Crippen molar-refractivity contribution < 1.29 is 4.42 Å². The molecule has 3 heteroatoms. The fourth-order valence-electron chi connectivity index (χ4n) is 8.22. The maximum atomic E-state index is 6.21. The van der Waals surface area contributed by atoms with E-state index < -0.39 is 0 Å². The Balaban J connectivity index is 1.08. The molecule has 0 unspecified atom stereocenters. The summed E-state index contributed by atoms with van der Waals surface area (Å²) in [6, 6.07) is 68.7. The van der Waals surface area contributed by atoms with Crippen molar-refractivity contribution >= 4 is 54.3 Å². The summed E-state index contributed by atoms with van der Waals surface area (Å²) in [4.78, 5) is 10.5. The van der Waals surface area contributed by atoms with Crippen LogP contribution in [0.15, 0.2) is 199 Å². The molecule has 0 spiro atoms. The summed E-state index contributed by atoms with van der Waals surface area (Å²) < 4.78 is 6.21. The molecule has 0 atom stereocenters. The van der Waals surface area contributed by atoms with Crippen LogP contribution in [0.1, 0.15) is 0 Å². The molecule has 0 N–H and O–H groups in total. The van der Waals surface area contributed by atoms with Crippen LogP contribution < -0.4 is 0 Å². The number of aromatic nitrogens is 2. The van der Waals surface area contributed by atoms with Crippen molar-refractivity contribution in [2.75, 3.05) is 0 Å². The van der Waals surface area contributed by atoms with Crippen LogP contribution in [-0.2, 0) is 0 Å². The molecule has 2 heterocycles. The van der Waals surface area contributed by atoms with Crippen molar-refractivity contribution in [3.8, 4) is 56.2 Å². The molecule has 0 aliphatic heterocycles. The molecule has 0 amide bonds. The van der Waals surface area contributed by atoms with Crippen LogP contribution in [0.25, 0.3) is 110 Å². The van der Waals surface area contributed by atoms with Crippen LogP contribution in [0.3, 0.4) is 0 Å². The summed E-state index contributed by atoms with van der Waals surface area (Å²) >= 11 is 0. The van der Waals surface area contributed by atoms with Crippen molar-refractivity contribution in [2.45, 2.75) is 0 Å². The average Bonchev–Trinajstić information content (AvgIpc) is 3.64. The number of rotatable bonds is 5. The van der Waals surface area contributed by atoms with E-state index in [9.17, 15) is 0 Å². The van der Waals surface area contributed by atoms with Gasteiger partial charge in [-0.25, -0.2) is 9.97 Å². The Morgan fingerprint density at radius 1 is 0.309 bits per heavy atom. The minimum absolute atomic E-state index is 0.691. The van der Waals surface area contributed by atoms with Gasteiger partial charge in [-0.1, -0.05) is 164 Å². The van der Waals surface area contributed by atoms with Gasteiger partial charge in [0.05, 0.1) is 11.4 Å². The van der Waals surface area contributed by atoms with Crippen LogP contribution in [0.5, 0.6) is 0 Å². The van der Waals surface area contributed by atoms with Gasteiger partial charge in [0.1, 0.15) is 11.2 Å². The first-order valence-electron chi connectivity index (χ1n) is 18.6. The van der Waals surface area contributed by atoms with E-state index in [1.807, 2.05) is 30.3 Å². The fraction of sp³-hybridized carbons (Fsp3) is 0. The van der Waals surface area contributed by atoms with Crippen LogP contribution in [0.2, 0.25) is 0 Å². The summed E-state index contributed by atoms with van der Waals surface area (Å²) in [7, 11) is 0. The topological polar surface area (TPSA) is 38.9 Å². The van der Waals surface area contributed by atoms with E-state index in [0.717, 1.165) is 66.7 Å². The van der Waals surface area contributed by atoms with E-state index in [4.69, 9.17) is 14.4 Å². The Kier molecular flexibility index (Phi) is 7.17. The third-order valence-corrected chi connectivity index (χ3v) is 10.9. The van der Waals surface area contributed by atoms with Gasteiger partial charge in [-0.2, -0.15) is 0 Å². The molecule has 0 fully saturated rings. The lowest BCUT2D eigenvalue weighted by molar-refractivity contribution is 0.669. The van der Waals surface area contributed by atoms with Crippen molar-refractivity contribution in [3.05, 3.63) is 194 Å². The predicted octanol–water partition coefficient (Wildman–Crippen LogP) is 14.2. The van der Waals surface area contributed by atoms with Gasteiger partial charge in [-0.05, 0) is 84.9 Å². The molecule has 0 saturated heterocycles. The highest BCUT2D eigenvalue weighted by molar-refractivity contribution is 6.21. The molecule has 256 valence electrons. The number of para-hydroxylation sites is 1. The van der Waals surface area contributed by atoms with Gasteiger partial charge in [0.2, 0.25) is 0 Å². The van der Waals surface area contributed by atoms with Crippen LogP contribution >= 0.6 is 0 Å². The lowest BCUT2D eigenvalue weighted by Crippen LogP contribution is -1.97. The van der Waals surface area contributed by atoms with Crippen LogP contribution in [0.4, 0.5) is 0 Å². The first-order chi connectivity index (χ1) is 27.2. The SMILES string of the molecule is c1ccc(-c2nc(-c3ccc(-c4ccc5c(c4)oc4ccccc45)cc3)cc(-c3ccccc3-c3c4ccccc4cc4c3ccc3ccccc34)n2)cc1. The first-order valence-corrected chi connectivity index (χ1v) is 18.6. The van der Waals surface area contributed by atoms with Gasteiger partial charge in [-0.3, -0.25) is 0 Å². The maximum absolute atomic E-state index is 6.21. The van der Waals surface area contributed by atoms with Gasteiger partial charge in [0, 0.05) is 27.5 Å². The third kappa shape index (κ3) is 5.28. The summed E-state index contributed by atoms with van der Waals surface area (Å²) in [6.07, 6.45) is 0. The third-order valence-electron chi connectivity index (χ3n) is 10.9. The molecule has 0 bridgehead atoms. The highest BCUT2D eigenvalue weighted by Gasteiger charge is 2.18. The Hall–Kier alpha value is -7.36. The number of nitrogens with zero attached hydrogens (tertiary/aromatic N) is 2. The van der Waals surface area contributed by atoms with E-state index >= 15 is 0 Å². The predicted molar refractivity (Wildman–Crippen MR) is 229 cm³/mol. The highest BCUT2D eigenvalue weighted by atomic mass is 16.3. The summed E-state index contributed by atoms with van der Waals surface area (Å²) in [5, 5.41) is 9.64. The normalized spacial score (nSPS) is 11.6. The number of hydrogen-bond donors (Lipinski definition) is 0. The molecule has 3 nitrogen and oxygen atoms in total. The second-order valence-corrected chi connectivity index (χ2v) is 14.1. The molecule has 55 heavy (non-hydrogen) atoms. The zero-order chi connectivity index (χ0) is 36.3. The van der Waals surface area contributed by atoms with Crippen molar-refractivity contribution in [2.24, 2.45) is 0 Å². The summed E-state index contributed by atoms with van der Waals surface area (Å²) in [5.41, 5.74) is 11.2. The molecule has 11 rings (SSSR count). The molecular formula is C52H32N2O. The van der Waals surface area contributed by atoms with E-state index in [1.54, 1.807) is 0 Å². The monoisotopic (exact) mass is 700 g/mol. The zero-order valence-electron chi connectivity index (χ0n) is 29.8. The smallest absolute Gasteiger partial charge is 0.160 e. The Morgan fingerprint density at radius 3 is 1.78 bits per heavy atom. The van der Waals surface area contributed by atoms with Gasteiger partial charge in [-0.15, -0.1) is 0 Å². The number of benzene rings is 9. The lowest BCUT2D eigenvalue weighted by Gasteiger charge is -2.17. The first kappa shape index (κ1) is 31.2. The highest BCUT2D eigenvalue weighted by Crippen LogP contribution is 2.43. The molecule has 0 radical (unpaired) electrons. The van der Waals surface area contributed by atoms with Gasteiger partial charge in [0.25, 0.3) is 0 Å². The largest absolute Gasteiger partial charge is 0.456 e. The zero-order valence-corrected chi connectivity index (χ0v) is 29.8. The maximum Gasteiger partial charge on any atom is 0.160 e. The minimum atomic E-state index is 0.691.